The number of nitrogens with two attached hydrogens (primary N) is 2. The van der Waals surface area contributed by atoms with E-state index in [0.717, 1.165) is 75.2 Å². The van der Waals surface area contributed by atoms with Gasteiger partial charge in [0.25, 0.3) is 0 Å². The molecule has 58 heteroatoms. The molecule has 8 aliphatic rings. The number of hydrogen-bond donors (Lipinski definition) is 14. The first-order valence-corrected chi connectivity index (χ1v) is 53.0. The van der Waals surface area contributed by atoms with Gasteiger partial charge in [-0.15, -0.1) is 0 Å². The number of carbonyl (C=O) groups excluding carboxylic acids is 4. The number of benzene rings is 4. The number of aliphatic hydroxyl groups excluding tert-OH is 2. The third kappa shape index (κ3) is 23.9. The smallest absolute Gasteiger partial charge is 0.481 e. The highest BCUT2D eigenvalue weighted by molar-refractivity contribution is 7.86. The molecular weight excluding hydrogens is 1940 g/mol. The monoisotopic (exact) mass is 2040 g/mol. The molecule has 2 fully saturated rings. The Morgan fingerprint density at radius 3 is 1.38 bits per heavy atom. The number of aliphatic hydroxyl groups is 2. The summed E-state index contributed by atoms with van der Waals surface area (Å²) < 4.78 is 179. The normalized spacial score (nSPS) is 22.6. The van der Waals surface area contributed by atoms with Crippen molar-refractivity contribution in [2.24, 2.45) is 9.98 Å². The number of hydrogen-bond acceptors (Lipinski definition) is 38. The van der Waals surface area contributed by atoms with E-state index < -0.39 is 160 Å². The Kier molecular flexibility index (Phi) is 30.1. The van der Waals surface area contributed by atoms with Crippen LogP contribution >= 0.6 is 31.3 Å². The fourth-order valence-electron chi connectivity index (χ4n) is 18.6. The number of rotatable bonds is 34. The molecule has 12 heterocycles. The van der Waals surface area contributed by atoms with Crippen LogP contribution in [0.15, 0.2) is 83.8 Å². The van der Waals surface area contributed by atoms with Crippen LogP contribution in [-0.2, 0) is 97.5 Å². The summed E-state index contributed by atoms with van der Waals surface area (Å²) in [6.45, 7) is 14.0. The Bertz CT molecular complexity index is 6820. The van der Waals surface area contributed by atoms with Crippen LogP contribution in [0.5, 0.6) is 23.0 Å². The summed E-state index contributed by atoms with van der Waals surface area (Å²) in [5, 5.41) is 36.3. The van der Waals surface area contributed by atoms with Crippen LogP contribution < -0.4 is 82.6 Å². The zero-order valence-electron chi connectivity index (χ0n) is 75.1. The van der Waals surface area contributed by atoms with Crippen molar-refractivity contribution in [2.45, 2.75) is 178 Å². The third-order valence-corrected chi connectivity index (χ3v) is 30.5. The largest absolute Gasteiger partial charge is 0.748 e. The molecule has 4 aromatic heterocycles. The van der Waals surface area contributed by atoms with Crippen molar-refractivity contribution in [2.75, 3.05) is 111 Å². The Morgan fingerprint density at radius 1 is 0.543 bits per heavy atom. The van der Waals surface area contributed by atoms with Gasteiger partial charge >= 0.3 is 43.5 Å². The van der Waals surface area contributed by atoms with Gasteiger partial charge in [-0.1, -0.05) is 0 Å². The molecule has 0 spiro atoms. The van der Waals surface area contributed by atoms with E-state index in [4.69, 9.17) is 74.0 Å². The molecule has 138 heavy (non-hydrogen) atoms. The number of nitrogen functional groups attached to an aromatic ring is 2. The molecule has 16 N–H and O–H groups in total. The molecule has 52 nitrogen and oxygen atoms in total. The number of aryl methyl sites for hydroxylation is 2. The summed E-state index contributed by atoms with van der Waals surface area (Å²) in [5.74, 6) is -0.962. The van der Waals surface area contributed by atoms with Gasteiger partial charge in [0.2, 0.25) is 22.5 Å². The number of nitrogens with one attached hydrogen (secondary N) is 4. The summed E-state index contributed by atoms with van der Waals surface area (Å²) in [6.07, 6.45) is -4.65. The van der Waals surface area contributed by atoms with E-state index in [1.54, 1.807) is 12.1 Å². The first-order valence-electron chi connectivity index (χ1n) is 43.8. The summed E-state index contributed by atoms with van der Waals surface area (Å²) >= 11 is 0. The van der Waals surface area contributed by atoms with Gasteiger partial charge < -0.3 is 120 Å². The van der Waals surface area contributed by atoms with Gasteiger partial charge in [-0.05, 0) is 115 Å². The van der Waals surface area contributed by atoms with Gasteiger partial charge in [-0.2, -0.15) is 8.62 Å². The number of carbonyl (C=O) groups is 4. The lowest BCUT2D eigenvalue weighted by Crippen LogP contribution is -2.50. The van der Waals surface area contributed by atoms with Crippen molar-refractivity contribution in [1.82, 2.24) is 69.5 Å². The molecule has 4 aromatic carbocycles. The molecule has 0 aliphatic carbocycles. The topological polar surface area (TPSA) is 730 Å². The van der Waals surface area contributed by atoms with Crippen LogP contribution in [0.2, 0.25) is 0 Å². The van der Waals surface area contributed by atoms with Gasteiger partial charge in [0.05, 0.1) is 58.2 Å². The predicted molar refractivity (Wildman–Crippen MR) is 482 cm³/mol. The minimum Gasteiger partial charge on any atom is -0.748 e. The Balaban J connectivity index is 0.000000209. The first-order chi connectivity index (χ1) is 65.0. The number of phosphoric acid groups is 4. The van der Waals surface area contributed by atoms with Crippen molar-refractivity contribution in [3.8, 4) is 23.0 Å². The van der Waals surface area contributed by atoms with Crippen molar-refractivity contribution < 1.29 is 149 Å². The van der Waals surface area contributed by atoms with E-state index in [2.05, 4.69) is 97.1 Å². The maximum Gasteiger partial charge on any atom is 0.481 e. The maximum absolute atomic E-state index is 13.1. The highest BCUT2D eigenvalue weighted by Gasteiger charge is 2.52. The predicted octanol–water partition coefficient (Wildman–Crippen LogP) is 1.43. The number of nitrogens with zero attached hydrogens (tertiary/aromatic N) is 14. The van der Waals surface area contributed by atoms with Gasteiger partial charge in [0.15, 0.2) is 70.6 Å². The number of anilines is 4. The molecule has 0 radical (unpaired) electrons. The second-order valence-electron chi connectivity index (χ2n) is 35.1. The fourth-order valence-corrected chi connectivity index (χ4v) is 23.4. The molecule has 8 aromatic rings. The highest BCUT2D eigenvalue weighted by atomic mass is 32.2. The zero-order valence-corrected chi connectivity index (χ0v) is 80.3. The van der Waals surface area contributed by atoms with Crippen LogP contribution in [0.1, 0.15) is 139 Å². The molecule has 12 atom stereocenters. The molecule has 4 amide bonds. The molecule has 0 bridgehead atoms. The number of alkyl carbamates (subject to hydrolysis) is 2. The maximum atomic E-state index is 13.1. The summed E-state index contributed by atoms with van der Waals surface area (Å²) in [4.78, 5) is 146. The number of phosphoric ester groups is 2. The van der Waals surface area contributed by atoms with Gasteiger partial charge in [-0.25, -0.2) is 93.7 Å². The molecule has 16 rings (SSSR count). The Hall–Kier alpha value is -10.4. The van der Waals surface area contributed by atoms with E-state index in [-0.39, 0.29) is 84.8 Å². The van der Waals surface area contributed by atoms with Crippen LogP contribution in [0.4, 0.5) is 44.0 Å². The lowest BCUT2D eigenvalue weighted by molar-refractivity contribution is -0.121. The van der Waals surface area contributed by atoms with Crippen LogP contribution in [-0.4, -0.2) is 266 Å². The minimum absolute atomic E-state index is 0.00347. The number of ether oxygens (including phenoxy) is 6. The van der Waals surface area contributed by atoms with E-state index in [9.17, 15) is 83.4 Å². The van der Waals surface area contributed by atoms with E-state index >= 15 is 0 Å². The van der Waals surface area contributed by atoms with Crippen molar-refractivity contribution in [3.63, 3.8) is 0 Å². The SMILES string of the molecule is CC[N+]1=c2cc3c(cc2CCC1)=Nc1cc2c(cc1O3)N(CCCC(=O)NCCNC(=O)O[C@@H]1[C@H](O)[C@@H](COP(=O)(O)OP(=O)(O)O)O[C@H]1n1cnc3c(N)ncnc31)C(C)(C)CC2CS(=O)(=O)[O-].CC[N+]1=c2cc3c(cc2CCC1)=Nc1cc2c(cc1O3)N(CCCC(=O)NCCNC(=O)O[C@H]1[C@@H](O)[C@H](n3cnc4c(N)ncnc43)O[C@@H]1COP(=O)(O)OP(=O)(O)O)C(C)(C)CC2CS(=O)(=O)[O-]. The molecular formula is C80H104N20O32P4S2. The quantitative estimate of drug-likeness (QED) is 0.0117. The number of imidazole rings is 2. The summed E-state index contributed by atoms with van der Waals surface area (Å²) in [7, 11) is -30.9. The molecule has 8 aliphatic heterocycles. The average molecular weight is 2050 g/mol. The molecule has 2 saturated heterocycles. The van der Waals surface area contributed by atoms with Gasteiger partial charge in [0, 0.05) is 134 Å². The van der Waals surface area contributed by atoms with Crippen molar-refractivity contribution >= 4 is 132 Å². The molecule has 0 saturated carbocycles. The van der Waals surface area contributed by atoms with E-state index in [1.165, 1.54) is 32.9 Å². The zero-order chi connectivity index (χ0) is 99.3. The van der Waals surface area contributed by atoms with Crippen molar-refractivity contribution in [3.05, 3.63) is 118 Å². The Labute approximate surface area is 786 Å². The number of amides is 4. The van der Waals surface area contributed by atoms with E-state index in [1.807, 2.05) is 64.1 Å². The van der Waals surface area contributed by atoms with Gasteiger partial charge in [-0.3, -0.25) is 27.8 Å². The van der Waals surface area contributed by atoms with Gasteiger partial charge in [0.1, 0.15) is 96.4 Å². The second kappa shape index (κ2) is 40.7. The number of aromatic nitrogens is 8. The Morgan fingerprint density at radius 2 is 0.957 bits per heavy atom. The second-order valence-corrected chi connectivity index (χ2v) is 43.6. The van der Waals surface area contributed by atoms with Crippen LogP contribution in [0.25, 0.3) is 22.3 Å². The van der Waals surface area contributed by atoms with Crippen molar-refractivity contribution in [1.29, 1.82) is 0 Å². The number of fused-ring (bicyclic) bond motifs is 10. The lowest BCUT2D eigenvalue weighted by Gasteiger charge is -2.48. The standard InChI is InChI=1S/2C40H52N10O16P2S/c1-4-48-11-5-7-22-13-25-29(15-27(22)48)63-30-16-28-24(14-26(30)47-25)23(19-69(59,60)61)17-40(2,3)50(28)12-6-8-32(51)42-9-10-43-39(53)65-35-31(18-62-68(57,58)66-67(54,55)56)64-38(34(35)52)49-21-46-33-36(41)44-20-45-37(33)49;1-4-48-11-5-7-22-13-25-29(15-27(22)48)63-30-16-28-24(14-26(30)47-25)23(19-69(59,60)61)17-40(2,3)50(28)12-6-8-32(51)42-9-10-43-39(53)65-35-34(52)31(18-62-68(57,58)66-67(54,55)56)64-38(35)49-21-46-33-36(41)44-20-45-37(33)49/h2*13-16,20-21,23,31,34-35,38,52H,4-12,17-19H2,1-3H3,(H7-,41,42,43,44,45,51,53,54,55,56,57,58,59,60,61)/t2*23?,31-,34-,35-,38-/m11/s1. The summed E-state index contributed by atoms with van der Waals surface area (Å²) in [5.41, 5.74) is 17.0. The molecule has 748 valence electrons. The highest BCUT2D eigenvalue weighted by Crippen LogP contribution is 2.60. The third-order valence-electron chi connectivity index (χ3n) is 24.5. The average Bonchev–Trinajstić information content (AvgIpc) is 1.16. The van der Waals surface area contributed by atoms with Crippen LogP contribution in [0, 0.1) is 0 Å². The minimum atomic E-state index is -5.49. The molecule has 4 unspecified atom stereocenters. The first kappa shape index (κ1) is 102. The fraction of sp³-hybridized carbons (Fsp3) is 0.525. The van der Waals surface area contributed by atoms with E-state index in [0.29, 0.717) is 106 Å². The lowest BCUT2D eigenvalue weighted by atomic mass is 9.79. The summed E-state index contributed by atoms with van der Waals surface area (Å²) in [6, 6.07) is 15.4. The van der Waals surface area contributed by atoms with Crippen LogP contribution in [0.3, 0.4) is 0 Å².